The highest BCUT2D eigenvalue weighted by Gasteiger charge is 2.29. The molecule has 4 aromatic rings. The third-order valence-electron chi connectivity index (χ3n) is 6.91. The molecule has 0 bridgehead atoms. The zero-order chi connectivity index (χ0) is 23.5. The van der Waals surface area contributed by atoms with Gasteiger partial charge in [0.25, 0.3) is 0 Å². The minimum Gasteiger partial charge on any atom is -0.342 e. The number of H-pyrrole nitrogens is 1. The second kappa shape index (κ2) is 10.1. The Bertz CT molecular complexity index is 1170. The number of aromatic nitrogens is 2. The van der Waals surface area contributed by atoms with Crippen LogP contribution in [-0.4, -0.2) is 45.9 Å². The normalized spacial score (nSPS) is 16.1. The van der Waals surface area contributed by atoms with Crippen molar-refractivity contribution in [2.24, 2.45) is 0 Å². The van der Waals surface area contributed by atoms with Gasteiger partial charge in [0.1, 0.15) is 5.82 Å². The van der Waals surface area contributed by atoms with Gasteiger partial charge in [0.2, 0.25) is 0 Å². The lowest BCUT2D eigenvalue weighted by Crippen LogP contribution is -2.48. The van der Waals surface area contributed by atoms with Crippen LogP contribution in [0.5, 0.6) is 0 Å². The Balaban J connectivity index is 1.32. The van der Waals surface area contributed by atoms with Crippen molar-refractivity contribution in [1.29, 1.82) is 0 Å². The van der Waals surface area contributed by atoms with Crippen LogP contribution in [0, 0.1) is 6.92 Å². The van der Waals surface area contributed by atoms with E-state index in [1.165, 1.54) is 11.1 Å². The SMILES string of the molecule is Cc1[nH]c(-c2cccc(Cl)c2)nc1C(C)N1CCN(C(c2ccccc2)c2ccccc2)CC1. The Labute approximate surface area is 207 Å². The molecule has 4 nitrogen and oxygen atoms in total. The van der Waals surface area contributed by atoms with Crippen molar-refractivity contribution in [2.45, 2.75) is 25.9 Å². The quantitative estimate of drug-likeness (QED) is 0.349. The molecule has 2 heterocycles. The topological polar surface area (TPSA) is 35.2 Å². The number of hydrogen-bond donors (Lipinski definition) is 1. The van der Waals surface area contributed by atoms with Crippen molar-refractivity contribution in [3.63, 3.8) is 0 Å². The van der Waals surface area contributed by atoms with Gasteiger partial charge in [0.15, 0.2) is 0 Å². The summed E-state index contributed by atoms with van der Waals surface area (Å²) in [5.74, 6) is 0.883. The van der Waals surface area contributed by atoms with Crippen molar-refractivity contribution < 1.29 is 0 Å². The summed E-state index contributed by atoms with van der Waals surface area (Å²) in [7, 11) is 0. The highest BCUT2D eigenvalue weighted by Crippen LogP contribution is 2.32. The Morgan fingerprint density at radius 3 is 1.97 bits per heavy atom. The van der Waals surface area contributed by atoms with E-state index in [2.05, 4.69) is 89.3 Å². The van der Waals surface area contributed by atoms with E-state index >= 15 is 0 Å². The van der Waals surface area contributed by atoms with Crippen molar-refractivity contribution in [1.82, 2.24) is 19.8 Å². The molecule has 1 aromatic heterocycles. The summed E-state index contributed by atoms with van der Waals surface area (Å²) in [4.78, 5) is 13.6. The molecule has 1 atom stereocenters. The van der Waals surface area contributed by atoms with Gasteiger partial charge in [-0.2, -0.15) is 0 Å². The van der Waals surface area contributed by atoms with Gasteiger partial charge in [0, 0.05) is 42.5 Å². The van der Waals surface area contributed by atoms with Crippen molar-refractivity contribution in [3.05, 3.63) is 112 Å². The van der Waals surface area contributed by atoms with E-state index in [1.807, 2.05) is 24.3 Å². The number of aryl methyl sites for hydroxylation is 1. The highest BCUT2D eigenvalue weighted by molar-refractivity contribution is 6.30. The molecule has 5 heteroatoms. The Morgan fingerprint density at radius 2 is 1.38 bits per heavy atom. The lowest BCUT2D eigenvalue weighted by Gasteiger charge is -2.41. The molecule has 1 N–H and O–H groups in total. The molecule has 1 aliphatic rings. The van der Waals surface area contributed by atoms with Gasteiger partial charge in [-0.1, -0.05) is 84.4 Å². The number of nitrogens with one attached hydrogen (secondary N) is 1. The fourth-order valence-electron chi connectivity index (χ4n) is 5.09. The first-order valence-corrected chi connectivity index (χ1v) is 12.4. The van der Waals surface area contributed by atoms with Gasteiger partial charge in [-0.25, -0.2) is 4.98 Å². The number of piperazine rings is 1. The van der Waals surface area contributed by atoms with Crippen LogP contribution in [0.15, 0.2) is 84.9 Å². The van der Waals surface area contributed by atoms with E-state index < -0.39 is 0 Å². The molecule has 174 valence electrons. The molecule has 1 unspecified atom stereocenters. The van der Waals surface area contributed by atoms with Crippen LogP contribution in [0.25, 0.3) is 11.4 Å². The first kappa shape index (κ1) is 22.9. The van der Waals surface area contributed by atoms with E-state index in [-0.39, 0.29) is 12.1 Å². The molecule has 0 aliphatic carbocycles. The average Bonchev–Trinajstić information content (AvgIpc) is 3.27. The van der Waals surface area contributed by atoms with Crippen LogP contribution in [0.4, 0.5) is 0 Å². The molecule has 0 radical (unpaired) electrons. The lowest BCUT2D eigenvalue weighted by molar-refractivity contribution is 0.0826. The minimum atomic E-state index is 0.248. The van der Waals surface area contributed by atoms with Gasteiger partial charge in [-0.05, 0) is 37.1 Å². The third kappa shape index (κ3) is 4.80. The van der Waals surface area contributed by atoms with E-state index in [4.69, 9.17) is 16.6 Å². The number of nitrogens with zero attached hydrogens (tertiary/aromatic N) is 3. The number of rotatable bonds is 6. The maximum absolute atomic E-state index is 6.20. The van der Waals surface area contributed by atoms with Crippen LogP contribution >= 0.6 is 11.6 Å². The summed E-state index contributed by atoms with van der Waals surface area (Å²) in [5.41, 5.74) is 5.96. The van der Waals surface area contributed by atoms with Gasteiger partial charge in [0.05, 0.1) is 17.8 Å². The van der Waals surface area contributed by atoms with Crippen molar-refractivity contribution in [2.75, 3.05) is 26.2 Å². The van der Waals surface area contributed by atoms with Crippen molar-refractivity contribution in [3.8, 4) is 11.4 Å². The molecule has 1 fully saturated rings. The molecule has 0 spiro atoms. The smallest absolute Gasteiger partial charge is 0.137 e. The van der Waals surface area contributed by atoms with E-state index in [9.17, 15) is 0 Å². The second-order valence-electron chi connectivity index (χ2n) is 9.08. The van der Waals surface area contributed by atoms with Crippen LogP contribution in [0.1, 0.15) is 41.5 Å². The molecule has 1 aliphatic heterocycles. The number of aromatic amines is 1. The summed E-state index contributed by atoms with van der Waals surface area (Å²) >= 11 is 6.20. The summed E-state index contributed by atoms with van der Waals surface area (Å²) in [6, 6.07) is 30.1. The van der Waals surface area contributed by atoms with Gasteiger partial charge < -0.3 is 4.98 Å². The zero-order valence-electron chi connectivity index (χ0n) is 19.8. The molecule has 34 heavy (non-hydrogen) atoms. The maximum Gasteiger partial charge on any atom is 0.137 e. The van der Waals surface area contributed by atoms with Gasteiger partial charge >= 0.3 is 0 Å². The first-order valence-electron chi connectivity index (χ1n) is 12.0. The Kier molecular flexibility index (Phi) is 6.82. The van der Waals surface area contributed by atoms with Gasteiger partial charge in [-0.15, -0.1) is 0 Å². The second-order valence-corrected chi connectivity index (χ2v) is 9.51. The number of halogens is 1. The summed E-state index contributed by atoms with van der Waals surface area (Å²) in [6.45, 7) is 8.44. The zero-order valence-corrected chi connectivity index (χ0v) is 20.5. The fraction of sp³-hybridized carbons (Fsp3) is 0.276. The monoisotopic (exact) mass is 470 g/mol. The fourth-order valence-corrected chi connectivity index (χ4v) is 5.28. The third-order valence-corrected chi connectivity index (χ3v) is 7.14. The lowest BCUT2D eigenvalue weighted by atomic mass is 9.96. The van der Waals surface area contributed by atoms with Crippen LogP contribution in [0.3, 0.4) is 0 Å². The number of hydrogen-bond acceptors (Lipinski definition) is 3. The largest absolute Gasteiger partial charge is 0.342 e. The summed E-state index contributed by atoms with van der Waals surface area (Å²) in [6.07, 6.45) is 0. The summed E-state index contributed by atoms with van der Waals surface area (Å²) < 4.78 is 0. The van der Waals surface area contributed by atoms with E-state index in [0.717, 1.165) is 54.0 Å². The molecular weight excluding hydrogens is 440 g/mol. The predicted molar refractivity (Wildman–Crippen MR) is 140 cm³/mol. The number of imidazole rings is 1. The van der Waals surface area contributed by atoms with E-state index in [0.29, 0.717) is 0 Å². The number of benzene rings is 3. The summed E-state index contributed by atoms with van der Waals surface area (Å²) in [5, 5.41) is 0.726. The Morgan fingerprint density at radius 1 is 0.794 bits per heavy atom. The van der Waals surface area contributed by atoms with Crippen molar-refractivity contribution >= 4 is 11.6 Å². The van der Waals surface area contributed by atoms with E-state index in [1.54, 1.807) is 0 Å². The molecule has 0 saturated carbocycles. The first-order chi connectivity index (χ1) is 16.6. The average molecular weight is 471 g/mol. The Hall–Kier alpha value is -2.92. The molecule has 1 saturated heterocycles. The molecule has 3 aromatic carbocycles. The van der Waals surface area contributed by atoms with Crippen LogP contribution in [-0.2, 0) is 0 Å². The molecule has 5 rings (SSSR count). The van der Waals surface area contributed by atoms with Crippen LogP contribution in [0.2, 0.25) is 5.02 Å². The highest BCUT2D eigenvalue weighted by atomic mass is 35.5. The standard InChI is InChI=1S/C29H31ClN4/c1-21-27(32-29(31-21)25-14-9-15-26(30)20-25)22(2)33-16-18-34(19-17-33)28(23-10-5-3-6-11-23)24-12-7-4-8-13-24/h3-15,20,22,28H,16-19H2,1-2H3,(H,31,32). The molecule has 0 amide bonds. The minimum absolute atomic E-state index is 0.248. The molecular formula is C29H31ClN4. The van der Waals surface area contributed by atoms with Gasteiger partial charge in [-0.3, -0.25) is 9.80 Å². The maximum atomic E-state index is 6.20. The van der Waals surface area contributed by atoms with Crippen LogP contribution < -0.4 is 0 Å². The predicted octanol–water partition coefficient (Wildman–Crippen LogP) is 6.51.